The van der Waals surface area contributed by atoms with Crippen LogP contribution in [0.15, 0.2) is 18.2 Å². The fourth-order valence-corrected chi connectivity index (χ4v) is 3.34. The number of hydrogen-bond acceptors (Lipinski definition) is 3. The van der Waals surface area contributed by atoms with Crippen molar-refractivity contribution in [2.75, 3.05) is 11.4 Å². The Hall–Kier alpha value is -1.07. The van der Waals surface area contributed by atoms with Crippen LogP contribution in [0.3, 0.4) is 0 Å². The molecule has 2 fully saturated rings. The molecule has 1 unspecified atom stereocenters. The van der Waals surface area contributed by atoms with Crippen LogP contribution >= 0.6 is 0 Å². The van der Waals surface area contributed by atoms with E-state index in [9.17, 15) is 4.39 Å². The number of nitrogens with zero attached hydrogens (tertiary/aromatic N) is 1. The van der Waals surface area contributed by atoms with Crippen LogP contribution < -0.4 is 10.4 Å². The molecule has 5 heteroatoms. The lowest BCUT2D eigenvalue weighted by Gasteiger charge is -2.35. The summed E-state index contributed by atoms with van der Waals surface area (Å²) in [4.78, 5) is 2.29. The van der Waals surface area contributed by atoms with Gasteiger partial charge < -0.3 is 14.2 Å². The van der Waals surface area contributed by atoms with E-state index in [1.807, 2.05) is 39.8 Å². The largest absolute Gasteiger partial charge is 0.497 e. The van der Waals surface area contributed by atoms with Crippen molar-refractivity contribution >= 4 is 18.3 Å². The number of piperidine rings is 1. The Labute approximate surface area is 139 Å². The van der Waals surface area contributed by atoms with Gasteiger partial charge in [0.2, 0.25) is 0 Å². The van der Waals surface area contributed by atoms with Crippen LogP contribution in [0, 0.1) is 5.82 Å². The van der Waals surface area contributed by atoms with Crippen molar-refractivity contribution in [2.24, 2.45) is 0 Å². The van der Waals surface area contributed by atoms with E-state index in [2.05, 4.69) is 11.8 Å². The van der Waals surface area contributed by atoms with E-state index in [1.165, 1.54) is 19.3 Å². The number of hydrogen-bond donors (Lipinski definition) is 0. The molecule has 1 atom stereocenters. The second-order valence-electron chi connectivity index (χ2n) is 7.83. The first-order valence-electron chi connectivity index (χ1n) is 8.63. The van der Waals surface area contributed by atoms with Crippen molar-refractivity contribution in [3.05, 3.63) is 24.0 Å². The monoisotopic (exact) mass is 319 g/mol. The molecule has 2 aliphatic heterocycles. The Kier molecular flexibility index (Phi) is 4.22. The number of benzene rings is 1. The summed E-state index contributed by atoms with van der Waals surface area (Å²) in [6.07, 6.45) is 3.59. The molecule has 0 saturated carbocycles. The third kappa shape index (κ3) is 3.01. The molecule has 2 aliphatic rings. The van der Waals surface area contributed by atoms with Crippen molar-refractivity contribution in [1.82, 2.24) is 0 Å². The molecule has 0 aromatic heterocycles. The van der Waals surface area contributed by atoms with E-state index in [1.54, 1.807) is 6.07 Å². The molecule has 0 spiro atoms. The molecule has 0 bridgehead atoms. The lowest BCUT2D eigenvalue weighted by molar-refractivity contribution is 0.00578. The molecule has 0 amide bonds. The Morgan fingerprint density at radius 1 is 1.13 bits per heavy atom. The van der Waals surface area contributed by atoms with Crippen LogP contribution in [0.25, 0.3) is 0 Å². The first-order chi connectivity index (χ1) is 10.7. The molecule has 23 heavy (non-hydrogen) atoms. The second kappa shape index (κ2) is 5.78. The van der Waals surface area contributed by atoms with E-state index >= 15 is 0 Å². The molecule has 2 saturated heterocycles. The Bertz CT molecular complexity index is 574. The van der Waals surface area contributed by atoms with Gasteiger partial charge in [-0.25, -0.2) is 4.39 Å². The molecule has 126 valence electrons. The highest BCUT2D eigenvalue weighted by Crippen LogP contribution is 2.37. The van der Waals surface area contributed by atoms with Crippen LogP contribution in [0.4, 0.5) is 10.1 Å². The third-order valence-electron chi connectivity index (χ3n) is 5.63. The molecule has 2 heterocycles. The minimum atomic E-state index is -0.646. The van der Waals surface area contributed by atoms with Crippen molar-refractivity contribution < 1.29 is 13.7 Å². The van der Waals surface area contributed by atoms with E-state index in [4.69, 9.17) is 9.31 Å². The molecular weight excluding hydrogens is 292 g/mol. The summed E-state index contributed by atoms with van der Waals surface area (Å²) in [6, 6.07) is 5.90. The van der Waals surface area contributed by atoms with Gasteiger partial charge in [-0.1, -0.05) is 6.07 Å². The molecule has 3 rings (SSSR count). The number of rotatable bonds is 2. The van der Waals surface area contributed by atoms with Gasteiger partial charge in [-0.2, -0.15) is 0 Å². The highest BCUT2D eigenvalue weighted by atomic mass is 19.1. The zero-order chi connectivity index (χ0) is 16.8. The SMILES string of the molecule is CC1CCCCN1c1ccc(B2OC(C)(C)C(C)(C)O2)c(F)c1. The van der Waals surface area contributed by atoms with Gasteiger partial charge in [-0.3, -0.25) is 0 Å². The number of anilines is 1. The second-order valence-corrected chi connectivity index (χ2v) is 7.83. The summed E-state index contributed by atoms with van der Waals surface area (Å²) in [7, 11) is -0.646. The van der Waals surface area contributed by atoms with Crippen molar-refractivity contribution in [2.45, 2.75) is 71.1 Å². The zero-order valence-electron chi connectivity index (χ0n) is 14.9. The highest BCUT2D eigenvalue weighted by Gasteiger charge is 2.52. The molecule has 3 nitrogen and oxygen atoms in total. The summed E-state index contributed by atoms with van der Waals surface area (Å²) in [5.74, 6) is -0.251. The number of halogens is 1. The molecule has 1 aromatic rings. The Morgan fingerprint density at radius 2 is 1.78 bits per heavy atom. The summed E-state index contributed by atoms with van der Waals surface area (Å²) in [5, 5.41) is 0. The zero-order valence-corrected chi connectivity index (χ0v) is 14.9. The van der Waals surface area contributed by atoms with Crippen LogP contribution in [0.2, 0.25) is 0 Å². The van der Waals surface area contributed by atoms with Crippen molar-refractivity contribution in [3.63, 3.8) is 0 Å². The van der Waals surface area contributed by atoms with Crippen LogP contribution in [0.1, 0.15) is 53.9 Å². The third-order valence-corrected chi connectivity index (χ3v) is 5.63. The summed E-state index contributed by atoms with van der Waals surface area (Å²) < 4.78 is 26.6. The topological polar surface area (TPSA) is 21.7 Å². The quantitative estimate of drug-likeness (QED) is 0.779. The van der Waals surface area contributed by atoms with Gasteiger partial charge in [0.25, 0.3) is 0 Å². The van der Waals surface area contributed by atoms with Gasteiger partial charge in [0.15, 0.2) is 0 Å². The van der Waals surface area contributed by atoms with Gasteiger partial charge in [0.1, 0.15) is 5.82 Å². The predicted molar refractivity (Wildman–Crippen MR) is 92.8 cm³/mol. The normalized spacial score (nSPS) is 26.6. The van der Waals surface area contributed by atoms with Gasteiger partial charge in [-0.05, 0) is 66.0 Å². The minimum absolute atomic E-state index is 0.251. The maximum atomic E-state index is 14.7. The standard InChI is InChI=1S/C18H27BFNO2/c1-13-8-6-7-11-21(13)14-9-10-15(16(20)12-14)19-22-17(2,3)18(4,5)23-19/h9-10,12-13H,6-8,11H2,1-5H3. The van der Waals surface area contributed by atoms with Gasteiger partial charge >= 0.3 is 7.12 Å². The lowest BCUT2D eigenvalue weighted by atomic mass is 9.78. The average molecular weight is 319 g/mol. The van der Waals surface area contributed by atoms with Crippen LogP contribution in [-0.4, -0.2) is 30.9 Å². The van der Waals surface area contributed by atoms with Gasteiger partial charge in [0.05, 0.1) is 11.2 Å². The van der Waals surface area contributed by atoms with Crippen LogP contribution in [0.5, 0.6) is 0 Å². The Morgan fingerprint density at radius 3 is 2.35 bits per heavy atom. The van der Waals surface area contributed by atoms with E-state index < -0.39 is 18.3 Å². The summed E-state index contributed by atoms with van der Waals surface area (Å²) in [5.41, 5.74) is 0.529. The van der Waals surface area contributed by atoms with Gasteiger partial charge in [-0.15, -0.1) is 0 Å². The van der Waals surface area contributed by atoms with E-state index in [0.29, 0.717) is 11.5 Å². The first kappa shape index (κ1) is 16.8. The highest BCUT2D eigenvalue weighted by molar-refractivity contribution is 6.62. The molecule has 0 N–H and O–H groups in total. The van der Waals surface area contributed by atoms with E-state index in [-0.39, 0.29) is 5.82 Å². The lowest BCUT2D eigenvalue weighted by Crippen LogP contribution is -2.41. The predicted octanol–water partition coefficient (Wildman–Crippen LogP) is 3.50. The van der Waals surface area contributed by atoms with Crippen LogP contribution in [-0.2, 0) is 9.31 Å². The first-order valence-corrected chi connectivity index (χ1v) is 8.63. The van der Waals surface area contributed by atoms with E-state index in [0.717, 1.165) is 12.2 Å². The fourth-order valence-electron chi connectivity index (χ4n) is 3.34. The Balaban J connectivity index is 1.83. The molecule has 0 aliphatic carbocycles. The van der Waals surface area contributed by atoms with Crippen molar-refractivity contribution in [1.29, 1.82) is 0 Å². The smallest absolute Gasteiger partial charge is 0.399 e. The maximum Gasteiger partial charge on any atom is 0.497 e. The maximum absolute atomic E-state index is 14.7. The molecular formula is C18H27BFNO2. The summed E-state index contributed by atoms with van der Waals surface area (Å²) >= 11 is 0. The van der Waals surface area contributed by atoms with Crippen molar-refractivity contribution in [3.8, 4) is 0 Å². The average Bonchev–Trinajstić information content (AvgIpc) is 2.67. The molecule has 0 radical (unpaired) electrons. The minimum Gasteiger partial charge on any atom is -0.399 e. The summed E-state index contributed by atoms with van der Waals surface area (Å²) in [6.45, 7) is 11.1. The molecule has 1 aromatic carbocycles. The van der Waals surface area contributed by atoms with Gasteiger partial charge in [0, 0.05) is 23.7 Å². The fraction of sp³-hybridized carbons (Fsp3) is 0.667.